The first-order chi connectivity index (χ1) is 7.84. The van der Waals surface area contributed by atoms with E-state index in [0.29, 0.717) is 13.2 Å². The van der Waals surface area contributed by atoms with Crippen LogP contribution in [0.4, 0.5) is 0 Å². The topological polar surface area (TPSA) is 48.4 Å². The van der Waals surface area contributed by atoms with E-state index in [2.05, 4.69) is 12.1 Å². The van der Waals surface area contributed by atoms with E-state index in [4.69, 9.17) is 14.9 Å². The van der Waals surface area contributed by atoms with Gasteiger partial charge in [0.05, 0.1) is 25.5 Å². The molecular formula is C13H13NO2. The fraction of sp³-hybridized carbons (Fsp3) is 0.231. The molecule has 1 aliphatic rings. The van der Waals surface area contributed by atoms with Crippen molar-refractivity contribution in [3.8, 4) is 0 Å². The monoisotopic (exact) mass is 215 g/mol. The third-order valence-corrected chi connectivity index (χ3v) is 2.95. The SMILES string of the molecule is NC(c1ccc2c(c1)COC2)c1ccco1. The van der Waals surface area contributed by atoms with Gasteiger partial charge in [-0.1, -0.05) is 18.2 Å². The first-order valence-electron chi connectivity index (χ1n) is 5.33. The van der Waals surface area contributed by atoms with Crippen LogP contribution in [0, 0.1) is 0 Å². The zero-order chi connectivity index (χ0) is 11.0. The van der Waals surface area contributed by atoms with E-state index in [1.54, 1.807) is 6.26 Å². The van der Waals surface area contributed by atoms with Gasteiger partial charge in [0.15, 0.2) is 0 Å². The van der Waals surface area contributed by atoms with Crippen LogP contribution in [-0.2, 0) is 18.0 Å². The lowest BCUT2D eigenvalue weighted by Gasteiger charge is -2.10. The summed E-state index contributed by atoms with van der Waals surface area (Å²) in [6, 6.07) is 9.79. The van der Waals surface area contributed by atoms with Gasteiger partial charge in [-0.25, -0.2) is 0 Å². The highest BCUT2D eigenvalue weighted by Gasteiger charge is 2.16. The van der Waals surface area contributed by atoms with Crippen LogP contribution in [0.3, 0.4) is 0 Å². The summed E-state index contributed by atoms with van der Waals surface area (Å²) in [7, 11) is 0. The molecule has 0 spiro atoms. The average molecular weight is 215 g/mol. The van der Waals surface area contributed by atoms with Crippen LogP contribution in [0.1, 0.15) is 28.5 Å². The Kier molecular flexibility index (Phi) is 2.27. The van der Waals surface area contributed by atoms with Crippen LogP contribution in [0.25, 0.3) is 0 Å². The number of hydrogen-bond donors (Lipinski definition) is 1. The van der Waals surface area contributed by atoms with Gasteiger partial charge in [-0.3, -0.25) is 0 Å². The van der Waals surface area contributed by atoms with Crippen LogP contribution in [-0.4, -0.2) is 0 Å². The normalized spacial score (nSPS) is 16.1. The number of ether oxygens (including phenoxy) is 1. The fourth-order valence-electron chi connectivity index (χ4n) is 2.02. The second-order valence-corrected chi connectivity index (χ2v) is 4.01. The summed E-state index contributed by atoms with van der Waals surface area (Å²) in [5.74, 6) is 0.791. The Morgan fingerprint density at radius 2 is 2.00 bits per heavy atom. The molecule has 2 aromatic rings. The number of furan rings is 1. The predicted molar refractivity (Wildman–Crippen MR) is 59.7 cm³/mol. The summed E-state index contributed by atoms with van der Waals surface area (Å²) in [5.41, 5.74) is 9.68. The Labute approximate surface area is 93.8 Å². The molecule has 3 rings (SSSR count). The average Bonchev–Trinajstić information content (AvgIpc) is 2.98. The van der Waals surface area contributed by atoms with E-state index in [0.717, 1.165) is 11.3 Å². The molecule has 16 heavy (non-hydrogen) atoms. The Morgan fingerprint density at radius 3 is 2.81 bits per heavy atom. The molecule has 1 unspecified atom stereocenters. The van der Waals surface area contributed by atoms with Gasteiger partial charge < -0.3 is 14.9 Å². The smallest absolute Gasteiger partial charge is 0.124 e. The molecular weight excluding hydrogens is 202 g/mol. The quantitative estimate of drug-likeness (QED) is 0.836. The van der Waals surface area contributed by atoms with Crippen molar-refractivity contribution in [2.45, 2.75) is 19.3 Å². The predicted octanol–water partition coefficient (Wildman–Crippen LogP) is 2.36. The third-order valence-electron chi connectivity index (χ3n) is 2.95. The summed E-state index contributed by atoms with van der Waals surface area (Å²) in [5, 5.41) is 0. The van der Waals surface area contributed by atoms with Crippen LogP contribution in [0.2, 0.25) is 0 Å². The molecule has 2 heterocycles. The van der Waals surface area contributed by atoms with Gasteiger partial charge in [-0.05, 0) is 28.8 Å². The van der Waals surface area contributed by atoms with Crippen LogP contribution < -0.4 is 5.73 Å². The largest absolute Gasteiger partial charge is 0.467 e. The Hall–Kier alpha value is -1.58. The fourth-order valence-corrected chi connectivity index (χ4v) is 2.02. The van der Waals surface area contributed by atoms with E-state index in [9.17, 15) is 0 Å². The Balaban J connectivity index is 1.95. The molecule has 0 amide bonds. The molecule has 3 nitrogen and oxygen atoms in total. The van der Waals surface area contributed by atoms with Gasteiger partial charge in [0.2, 0.25) is 0 Å². The van der Waals surface area contributed by atoms with Gasteiger partial charge in [0, 0.05) is 0 Å². The number of benzene rings is 1. The van der Waals surface area contributed by atoms with Gasteiger partial charge in [-0.2, -0.15) is 0 Å². The summed E-state index contributed by atoms with van der Waals surface area (Å²) in [6.45, 7) is 1.40. The lowest BCUT2D eigenvalue weighted by molar-refractivity contribution is 0.134. The minimum atomic E-state index is -0.194. The molecule has 3 heteroatoms. The van der Waals surface area contributed by atoms with E-state index in [1.165, 1.54) is 11.1 Å². The van der Waals surface area contributed by atoms with E-state index < -0.39 is 0 Å². The summed E-state index contributed by atoms with van der Waals surface area (Å²) in [4.78, 5) is 0. The van der Waals surface area contributed by atoms with Crippen molar-refractivity contribution in [3.05, 3.63) is 59.0 Å². The lowest BCUT2D eigenvalue weighted by Crippen LogP contribution is -2.11. The third kappa shape index (κ3) is 1.54. The second kappa shape index (κ2) is 3.77. The Morgan fingerprint density at radius 1 is 1.12 bits per heavy atom. The van der Waals surface area contributed by atoms with Crippen molar-refractivity contribution in [1.82, 2.24) is 0 Å². The van der Waals surface area contributed by atoms with Crippen molar-refractivity contribution >= 4 is 0 Å². The van der Waals surface area contributed by atoms with E-state index in [1.807, 2.05) is 18.2 Å². The van der Waals surface area contributed by atoms with Crippen LogP contribution in [0.15, 0.2) is 41.0 Å². The lowest BCUT2D eigenvalue weighted by atomic mass is 10.0. The zero-order valence-electron chi connectivity index (χ0n) is 8.85. The van der Waals surface area contributed by atoms with Gasteiger partial charge in [-0.15, -0.1) is 0 Å². The van der Waals surface area contributed by atoms with E-state index >= 15 is 0 Å². The summed E-state index contributed by atoms with van der Waals surface area (Å²) >= 11 is 0. The van der Waals surface area contributed by atoms with Gasteiger partial charge in [0.1, 0.15) is 5.76 Å². The highest BCUT2D eigenvalue weighted by molar-refractivity contribution is 5.36. The van der Waals surface area contributed by atoms with Crippen molar-refractivity contribution in [3.63, 3.8) is 0 Å². The zero-order valence-corrected chi connectivity index (χ0v) is 8.85. The van der Waals surface area contributed by atoms with Crippen molar-refractivity contribution in [2.75, 3.05) is 0 Å². The van der Waals surface area contributed by atoms with Gasteiger partial charge in [0.25, 0.3) is 0 Å². The number of fused-ring (bicyclic) bond motifs is 1. The minimum Gasteiger partial charge on any atom is -0.467 e. The van der Waals surface area contributed by atoms with E-state index in [-0.39, 0.29) is 6.04 Å². The number of hydrogen-bond acceptors (Lipinski definition) is 3. The first kappa shape index (κ1) is 9.63. The van der Waals surface area contributed by atoms with Crippen molar-refractivity contribution in [1.29, 1.82) is 0 Å². The number of rotatable bonds is 2. The van der Waals surface area contributed by atoms with Crippen molar-refractivity contribution < 1.29 is 9.15 Å². The summed E-state index contributed by atoms with van der Waals surface area (Å²) < 4.78 is 10.7. The molecule has 0 bridgehead atoms. The molecule has 1 aromatic carbocycles. The molecule has 1 aliphatic heterocycles. The molecule has 0 radical (unpaired) electrons. The molecule has 1 aromatic heterocycles. The second-order valence-electron chi connectivity index (χ2n) is 4.01. The minimum absolute atomic E-state index is 0.194. The molecule has 0 fully saturated rings. The molecule has 0 aliphatic carbocycles. The maximum atomic E-state index is 6.12. The highest BCUT2D eigenvalue weighted by atomic mass is 16.5. The molecule has 0 saturated carbocycles. The maximum Gasteiger partial charge on any atom is 0.124 e. The van der Waals surface area contributed by atoms with Crippen molar-refractivity contribution in [2.24, 2.45) is 5.73 Å². The summed E-state index contributed by atoms with van der Waals surface area (Å²) in [6.07, 6.45) is 1.64. The Bertz CT molecular complexity index is 491. The number of nitrogens with two attached hydrogens (primary N) is 1. The maximum absolute atomic E-state index is 6.12. The molecule has 2 N–H and O–H groups in total. The standard InChI is InChI=1S/C13H13NO2/c14-13(12-2-1-5-16-12)9-3-4-10-7-15-8-11(10)6-9/h1-6,13H,7-8,14H2. The molecule has 0 saturated heterocycles. The highest BCUT2D eigenvalue weighted by Crippen LogP contribution is 2.26. The molecule has 1 atom stereocenters. The van der Waals surface area contributed by atoms with Gasteiger partial charge >= 0.3 is 0 Å². The first-order valence-corrected chi connectivity index (χ1v) is 5.33. The van der Waals surface area contributed by atoms with Crippen LogP contribution in [0.5, 0.6) is 0 Å². The molecule has 82 valence electrons. The van der Waals surface area contributed by atoms with Crippen LogP contribution >= 0.6 is 0 Å².